The molecule has 0 aliphatic carbocycles. The summed E-state index contributed by atoms with van der Waals surface area (Å²) >= 11 is 1.08. The van der Waals surface area contributed by atoms with Gasteiger partial charge >= 0.3 is 5.97 Å². The van der Waals surface area contributed by atoms with Crippen molar-refractivity contribution in [3.8, 4) is 0 Å². The van der Waals surface area contributed by atoms with Gasteiger partial charge in [0.05, 0.1) is 0 Å². The number of benzene rings is 1. The number of nitrogens with zero attached hydrogens (tertiary/aromatic N) is 1. The standard InChI is InChI=1S/C16H21NO4S/c1-11(10-22-12(2)18)15(19)17(3)14(16(20)21)9-13-7-5-4-6-8-13/h4-8,11,14H,9-10H2,1-3H3,(H,20,21)/t11?,14-/m0/s1. The van der Waals surface area contributed by atoms with Gasteiger partial charge in [0.25, 0.3) is 0 Å². The van der Waals surface area contributed by atoms with Gasteiger partial charge in [-0.2, -0.15) is 0 Å². The van der Waals surface area contributed by atoms with Gasteiger partial charge in [0.1, 0.15) is 6.04 Å². The molecule has 0 spiro atoms. The summed E-state index contributed by atoms with van der Waals surface area (Å²) in [6.45, 7) is 3.15. The summed E-state index contributed by atoms with van der Waals surface area (Å²) in [6, 6.07) is 8.28. The second kappa shape index (κ2) is 8.58. The molecule has 120 valence electrons. The van der Waals surface area contributed by atoms with Gasteiger partial charge in [-0.25, -0.2) is 4.79 Å². The minimum absolute atomic E-state index is 0.0543. The lowest BCUT2D eigenvalue weighted by Crippen LogP contribution is -2.46. The molecule has 0 aliphatic heterocycles. The van der Waals surface area contributed by atoms with E-state index in [4.69, 9.17) is 0 Å². The number of carboxylic acid groups (broad SMARTS) is 1. The Kier molecular flexibility index (Phi) is 7.11. The van der Waals surface area contributed by atoms with Gasteiger partial charge in [-0.05, 0) is 5.56 Å². The van der Waals surface area contributed by atoms with Crippen LogP contribution < -0.4 is 0 Å². The molecule has 1 unspecified atom stereocenters. The van der Waals surface area contributed by atoms with Crippen LogP contribution in [0.25, 0.3) is 0 Å². The van der Waals surface area contributed by atoms with Gasteiger partial charge in [-0.1, -0.05) is 49.0 Å². The number of hydrogen-bond donors (Lipinski definition) is 1. The quantitative estimate of drug-likeness (QED) is 0.831. The number of hydrogen-bond acceptors (Lipinski definition) is 4. The first-order valence-corrected chi connectivity index (χ1v) is 7.98. The van der Waals surface area contributed by atoms with Gasteiger partial charge in [-0.3, -0.25) is 9.59 Å². The fourth-order valence-corrected chi connectivity index (χ4v) is 2.67. The number of aliphatic carboxylic acids is 1. The molecule has 22 heavy (non-hydrogen) atoms. The third-order valence-corrected chi connectivity index (χ3v) is 4.40. The predicted octanol–water partition coefficient (Wildman–Crippen LogP) is 2.06. The molecule has 0 bridgehead atoms. The molecule has 0 saturated carbocycles. The average Bonchev–Trinajstić information content (AvgIpc) is 2.49. The molecule has 0 radical (unpaired) electrons. The Labute approximate surface area is 134 Å². The van der Waals surface area contributed by atoms with Crippen LogP contribution in [0.1, 0.15) is 19.4 Å². The second-order valence-electron chi connectivity index (χ2n) is 5.20. The van der Waals surface area contributed by atoms with Gasteiger partial charge < -0.3 is 10.0 Å². The van der Waals surface area contributed by atoms with Crippen LogP contribution in [0, 0.1) is 5.92 Å². The van der Waals surface area contributed by atoms with Crippen LogP contribution in [0.2, 0.25) is 0 Å². The van der Waals surface area contributed by atoms with Gasteiger partial charge in [0.2, 0.25) is 5.91 Å². The molecule has 1 amide bonds. The zero-order valence-electron chi connectivity index (χ0n) is 13.0. The van der Waals surface area contributed by atoms with Crippen LogP contribution in [0.3, 0.4) is 0 Å². The van der Waals surface area contributed by atoms with Crippen LogP contribution >= 0.6 is 11.8 Å². The Bertz CT molecular complexity index is 532. The third-order valence-electron chi connectivity index (χ3n) is 3.33. The fourth-order valence-electron chi connectivity index (χ4n) is 2.04. The summed E-state index contributed by atoms with van der Waals surface area (Å²) in [7, 11) is 1.50. The maximum absolute atomic E-state index is 12.3. The molecule has 1 N–H and O–H groups in total. The number of carboxylic acids is 1. The summed E-state index contributed by atoms with van der Waals surface area (Å²) in [5.41, 5.74) is 0.861. The molecule has 5 nitrogen and oxygen atoms in total. The highest BCUT2D eigenvalue weighted by Gasteiger charge is 2.29. The first kappa shape index (κ1) is 18.2. The van der Waals surface area contributed by atoms with Gasteiger partial charge in [-0.15, -0.1) is 0 Å². The maximum atomic E-state index is 12.3. The Morgan fingerprint density at radius 2 is 1.82 bits per heavy atom. The molecule has 1 rings (SSSR count). The highest BCUT2D eigenvalue weighted by Crippen LogP contribution is 2.15. The Balaban J connectivity index is 2.76. The normalized spacial score (nSPS) is 13.2. The average molecular weight is 323 g/mol. The topological polar surface area (TPSA) is 74.7 Å². The molecule has 0 heterocycles. The number of thioether (sulfide) groups is 1. The van der Waals surface area contributed by atoms with E-state index in [1.54, 1.807) is 6.92 Å². The number of amides is 1. The van der Waals surface area contributed by atoms with E-state index in [0.29, 0.717) is 5.75 Å². The monoisotopic (exact) mass is 323 g/mol. The summed E-state index contributed by atoms with van der Waals surface area (Å²) in [5.74, 6) is -1.35. The SMILES string of the molecule is CC(=O)SCC(C)C(=O)N(C)[C@@H](Cc1ccccc1)C(=O)O. The molecule has 1 aromatic rings. The van der Waals surface area contributed by atoms with E-state index in [2.05, 4.69) is 0 Å². The Hall–Kier alpha value is -1.82. The highest BCUT2D eigenvalue weighted by atomic mass is 32.2. The zero-order valence-corrected chi connectivity index (χ0v) is 13.8. The largest absolute Gasteiger partial charge is 0.480 e. The molecule has 0 aliphatic rings. The van der Waals surface area contributed by atoms with E-state index in [1.807, 2.05) is 30.3 Å². The molecular weight excluding hydrogens is 302 g/mol. The Morgan fingerprint density at radius 3 is 2.32 bits per heavy atom. The van der Waals surface area contributed by atoms with Crippen LogP contribution in [-0.2, 0) is 20.8 Å². The molecule has 2 atom stereocenters. The molecule has 0 fully saturated rings. The van der Waals surface area contributed by atoms with Crippen molar-refractivity contribution in [2.75, 3.05) is 12.8 Å². The first-order chi connectivity index (χ1) is 10.3. The van der Waals surface area contributed by atoms with Crippen molar-refractivity contribution in [2.45, 2.75) is 26.3 Å². The number of carbonyl (C=O) groups excluding carboxylic acids is 2. The number of carbonyl (C=O) groups is 3. The first-order valence-electron chi connectivity index (χ1n) is 6.99. The molecule has 1 aromatic carbocycles. The second-order valence-corrected chi connectivity index (χ2v) is 6.39. The van der Waals surface area contributed by atoms with E-state index in [0.717, 1.165) is 17.3 Å². The maximum Gasteiger partial charge on any atom is 0.326 e. The lowest BCUT2D eigenvalue weighted by atomic mass is 10.0. The van der Waals surface area contributed by atoms with Crippen molar-refractivity contribution in [1.82, 2.24) is 4.90 Å². The molecule has 6 heteroatoms. The molecule has 0 saturated heterocycles. The van der Waals surface area contributed by atoms with E-state index in [-0.39, 0.29) is 17.4 Å². The van der Waals surface area contributed by atoms with E-state index >= 15 is 0 Å². The van der Waals surface area contributed by atoms with Gasteiger partial charge in [0.15, 0.2) is 5.12 Å². The van der Waals surface area contributed by atoms with E-state index in [1.165, 1.54) is 18.9 Å². The minimum Gasteiger partial charge on any atom is -0.480 e. The summed E-state index contributed by atoms with van der Waals surface area (Å²) in [4.78, 5) is 36.0. The smallest absolute Gasteiger partial charge is 0.326 e. The summed E-state index contributed by atoms with van der Waals surface area (Å²) < 4.78 is 0. The van der Waals surface area contributed by atoms with Crippen molar-refractivity contribution in [3.63, 3.8) is 0 Å². The number of likely N-dealkylation sites (N-methyl/N-ethyl adjacent to an activating group) is 1. The van der Waals surface area contributed by atoms with Crippen LogP contribution in [-0.4, -0.2) is 45.8 Å². The van der Waals surface area contributed by atoms with Crippen molar-refractivity contribution < 1.29 is 19.5 Å². The summed E-state index contributed by atoms with van der Waals surface area (Å²) in [6.07, 6.45) is 0.255. The van der Waals surface area contributed by atoms with Crippen molar-refractivity contribution in [3.05, 3.63) is 35.9 Å². The fraction of sp³-hybridized carbons (Fsp3) is 0.438. The molecular formula is C16H21NO4S. The molecule has 0 aromatic heterocycles. The van der Waals surface area contributed by atoms with E-state index < -0.39 is 17.9 Å². The number of rotatable bonds is 7. The van der Waals surface area contributed by atoms with Crippen molar-refractivity contribution >= 4 is 28.8 Å². The third kappa shape index (κ3) is 5.52. The highest BCUT2D eigenvalue weighted by molar-refractivity contribution is 8.13. The lowest BCUT2D eigenvalue weighted by molar-refractivity contribution is -0.150. The van der Waals surface area contributed by atoms with Crippen LogP contribution in [0.15, 0.2) is 30.3 Å². The Morgan fingerprint density at radius 1 is 1.23 bits per heavy atom. The summed E-state index contributed by atoms with van der Waals surface area (Å²) in [5, 5.41) is 9.35. The lowest BCUT2D eigenvalue weighted by Gasteiger charge is -2.27. The van der Waals surface area contributed by atoms with Crippen LogP contribution in [0.5, 0.6) is 0 Å². The zero-order chi connectivity index (χ0) is 16.7. The van der Waals surface area contributed by atoms with E-state index in [9.17, 15) is 19.5 Å². The van der Waals surface area contributed by atoms with Crippen LogP contribution in [0.4, 0.5) is 0 Å². The minimum atomic E-state index is -1.04. The predicted molar refractivity (Wildman–Crippen MR) is 86.6 cm³/mol. The van der Waals surface area contributed by atoms with Gasteiger partial charge in [0, 0.05) is 32.1 Å². The van der Waals surface area contributed by atoms with Crippen molar-refractivity contribution in [2.24, 2.45) is 5.92 Å². The van der Waals surface area contributed by atoms with Crippen molar-refractivity contribution in [1.29, 1.82) is 0 Å².